The first-order chi connectivity index (χ1) is 8.19. The second-order valence-corrected chi connectivity index (χ2v) is 3.55. The lowest BCUT2D eigenvalue weighted by molar-refractivity contribution is 0.0669. The Kier molecular flexibility index (Phi) is 5.42. The number of anilines is 1. The van der Waals surface area contributed by atoms with E-state index in [0.29, 0.717) is 37.7 Å². The van der Waals surface area contributed by atoms with Crippen molar-refractivity contribution in [2.24, 2.45) is 0 Å². The molecule has 5 heteroatoms. The molecule has 1 amide bonds. The van der Waals surface area contributed by atoms with Crippen molar-refractivity contribution in [1.82, 2.24) is 9.88 Å². The highest BCUT2D eigenvalue weighted by Gasteiger charge is 2.13. The standard InChI is InChI=1S/C12H19N3O2/c1-3-15(7-8-17-4-2)12(16)10-5-6-14-11(13)9-10/h5-6,9H,3-4,7-8H2,1-2H3,(H2,13,14). The zero-order valence-corrected chi connectivity index (χ0v) is 10.3. The Morgan fingerprint density at radius 3 is 2.88 bits per heavy atom. The van der Waals surface area contributed by atoms with Gasteiger partial charge in [0.1, 0.15) is 5.82 Å². The van der Waals surface area contributed by atoms with Gasteiger partial charge in [-0.05, 0) is 26.0 Å². The maximum absolute atomic E-state index is 12.1. The van der Waals surface area contributed by atoms with E-state index in [1.54, 1.807) is 23.2 Å². The minimum atomic E-state index is -0.0405. The Balaban J connectivity index is 2.65. The average molecular weight is 237 g/mol. The van der Waals surface area contributed by atoms with Crippen molar-refractivity contribution in [3.05, 3.63) is 23.9 Å². The van der Waals surface area contributed by atoms with E-state index in [9.17, 15) is 4.79 Å². The number of aromatic nitrogens is 1. The number of hydrogen-bond donors (Lipinski definition) is 1. The summed E-state index contributed by atoms with van der Waals surface area (Å²) in [6, 6.07) is 3.26. The SMILES string of the molecule is CCOCCN(CC)C(=O)c1ccnc(N)c1. The molecule has 1 heterocycles. The molecule has 0 atom stereocenters. The largest absolute Gasteiger partial charge is 0.384 e. The van der Waals surface area contributed by atoms with Crippen molar-refractivity contribution >= 4 is 11.7 Å². The number of carbonyl (C=O) groups is 1. The molecule has 1 rings (SSSR count). The number of amides is 1. The van der Waals surface area contributed by atoms with Gasteiger partial charge in [0.2, 0.25) is 0 Å². The Bertz CT molecular complexity index is 369. The van der Waals surface area contributed by atoms with Crippen LogP contribution in [-0.4, -0.2) is 42.1 Å². The smallest absolute Gasteiger partial charge is 0.254 e. The van der Waals surface area contributed by atoms with Gasteiger partial charge in [-0.2, -0.15) is 0 Å². The van der Waals surface area contributed by atoms with Crippen molar-refractivity contribution in [2.75, 3.05) is 32.0 Å². The number of nitrogens with two attached hydrogens (primary N) is 1. The van der Waals surface area contributed by atoms with Crippen LogP contribution in [0.3, 0.4) is 0 Å². The number of rotatable bonds is 6. The summed E-state index contributed by atoms with van der Waals surface area (Å²) in [5.41, 5.74) is 6.12. The van der Waals surface area contributed by atoms with Crippen LogP contribution < -0.4 is 5.73 Å². The number of hydrogen-bond acceptors (Lipinski definition) is 4. The van der Waals surface area contributed by atoms with E-state index in [0.717, 1.165) is 0 Å². The van der Waals surface area contributed by atoms with Crippen LogP contribution in [0.25, 0.3) is 0 Å². The van der Waals surface area contributed by atoms with Crippen LogP contribution in [0.1, 0.15) is 24.2 Å². The lowest BCUT2D eigenvalue weighted by atomic mass is 10.2. The van der Waals surface area contributed by atoms with E-state index in [1.165, 1.54) is 0 Å². The van der Waals surface area contributed by atoms with Crippen LogP contribution in [0.15, 0.2) is 18.3 Å². The molecular formula is C12H19N3O2. The summed E-state index contributed by atoms with van der Waals surface area (Å²) >= 11 is 0. The fourth-order valence-electron chi connectivity index (χ4n) is 1.49. The Hall–Kier alpha value is -1.62. The van der Waals surface area contributed by atoms with E-state index >= 15 is 0 Å². The molecular weight excluding hydrogens is 218 g/mol. The van der Waals surface area contributed by atoms with Gasteiger partial charge in [0, 0.05) is 31.5 Å². The maximum Gasteiger partial charge on any atom is 0.254 e. The van der Waals surface area contributed by atoms with Crippen molar-refractivity contribution in [3.63, 3.8) is 0 Å². The van der Waals surface area contributed by atoms with Crippen LogP contribution in [0.5, 0.6) is 0 Å². The predicted octanol–water partition coefficient (Wildman–Crippen LogP) is 1.16. The van der Waals surface area contributed by atoms with Gasteiger partial charge >= 0.3 is 0 Å². The van der Waals surface area contributed by atoms with Crippen molar-refractivity contribution in [3.8, 4) is 0 Å². The summed E-state index contributed by atoms with van der Waals surface area (Å²) in [5, 5.41) is 0. The fourth-order valence-corrected chi connectivity index (χ4v) is 1.49. The molecule has 0 radical (unpaired) electrons. The first-order valence-corrected chi connectivity index (χ1v) is 5.77. The Morgan fingerprint density at radius 1 is 1.53 bits per heavy atom. The Morgan fingerprint density at radius 2 is 2.29 bits per heavy atom. The van der Waals surface area contributed by atoms with E-state index in [1.807, 2.05) is 13.8 Å². The lowest BCUT2D eigenvalue weighted by Gasteiger charge is -2.20. The van der Waals surface area contributed by atoms with Crippen LogP contribution in [0, 0.1) is 0 Å². The summed E-state index contributed by atoms with van der Waals surface area (Å²) in [6.45, 7) is 6.32. The normalized spacial score (nSPS) is 10.2. The van der Waals surface area contributed by atoms with Gasteiger partial charge in [-0.3, -0.25) is 4.79 Å². The van der Waals surface area contributed by atoms with Crippen LogP contribution in [-0.2, 0) is 4.74 Å². The molecule has 0 aliphatic carbocycles. The molecule has 94 valence electrons. The molecule has 0 aliphatic heterocycles. The van der Waals surface area contributed by atoms with Gasteiger partial charge in [0.05, 0.1) is 6.61 Å². The first kappa shape index (κ1) is 13.4. The summed E-state index contributed by atoms with van der Waals surface area (Å²) in [5.74, 6) is 0.318. The number of ether oxygens (including phenoxy) is 1. The monoisotopic (exact) mass is 237 g/mol. The second kappa shape index (κ2) is 6.85. The average Bonchev–Trinajstić information content (AvgIpc) is 2.34. The molecule has 5 nitrogen and oxygen atoms in total. The maximum atomic E-state index is 12.1. The minimum Gasteiger partial charge on any atom is -0.384 e. The Labute approximate surface area is 102 Å². The third kappa shape index (κ3) is 4.03. The lowest BCUT2D eigenvalue weighted by Crippen LogP contribution is -2.33. The van der Waals surface area contributed by atoms with Crippen molar-refractivity contribution < 1.29 is 9.53 Å². The van der Waals surface area contributed by atoms with Crippen LogP contribution >= 0.6 is 0 Å². The molecule has 0 bridgehead atoms. The summed E-state index contributed by atoms with van der Waals surface area (Å²) in [4.78, 5) is 17.7. The van der Waals surface area contributed by atoms with Crippen molar-refractivity contribution in [1.29, 1.82) is 0 Å². The van der Waals surface area contributed by atoms with E-state index in [4.69, 9.17) is 10.5 Å². The molecule has 0 aliphatic rings. The molecule has 1 aromatic heterocycles. The van der Waals surface area contributed by atoms with Gasteiger partial charge in [-0.1, -0.05) is 0 Å². The third-order valence-corrected chi connectivity index (χ3v) is 2.41. The predicted molar refractivity (Wildman–Crippen MR) is 66.7 cm³/mol. The molecule has 0 saturated carbocycles. The molecule has 0 unspecified atom stereocenters. The number of nitrogen functional groups attached to an aromatic ring is 1. The zero-order chi connectivity index (χ0) is 12.7. The molecule has 0 fully saturated rings. The number of nitrogens with zero attached hydrogens (tertiary/aromatic N) is 2. The molecule has 0 spiro atoms. The van der Waals surface area contributed by atoms with Gasteiger partial charge in [0.15, 0.2) is 0 Å². The summed E-state index contributed by atoms with van der Waals surface area (Å²) in [7, 11) is 0. The van der Waals surface area contributed by atoms with Gasteiger partial charge < -0.3 is 15.4 Å². The molecule has 1 aromatic rings. The highest BCUT2D eigenvalue weighted by Crippen LogP contribution is 2.07. The van der Waals surface area contributed by atoms with E-state index in [-0.39, 0.29) is 5.91 Å². The molecule has 17 heavy (non-hydrogen) atoms. The second-order valence-electron chi connectivity index (χ2n) is 3.55. The minimum absolute atomic E-state index is 0.0405. The van der Waals surface area contributed by atoms with Gasteiger partial charge in [0.25, 0.3) is 5.91 Å². The highest BCUT2D eigenvalue weighted by atomic mass is 16.5. The summed E-state index contributed by atoms with van der Waals surface area (Å²) in [6.07, 6.45) is 1.54. The van der Waals surface area contributed by atoms with Crippen LogP contribution in [0.4, 0.5) is 5.82 Å². The number of carbonyl (C=O) groups excluding carboxylic acids is 1. The van der Waals surface area contributed by atoms with Crippen LogP contribution in [0.2, 0.25) is 0 Å². The topological polar surface area (TPSA) is 68.5 Å². The zero-order valence-electron chi connectivity index (χ0n) is 10.3. The van der Waals surface area contributed by atoms with Crippen molar-refractivity contribution in [2.45, 2.75) is 13.8 Å². The summed E-state index contributed by atoms with van der Waals surface area (Å²) < 4.78 is 5.24. The third-order valence-electron chi connectivity index (χ3n) is 2.41. The van der Waals surface area contributed by atoms with E-state index < -0.39 is 0 Å². The molecule has 0 aromatic carbocycles. The number of likely N-dealkylation sites (N-methyl/N-ethyl adjacent to an activating group) is 1. The van der Waals surface area contributed by atoms with Gasteiger partial charge in [-0.15, -0.1) is 0 Å². The molecule has 0 saturated heterocycles. The van der Waals surface area contributed by atoms with E-state index in [2.05, 4.69) is 4.98 Å². The first-order valence-electron chi connectivity index (χ1n) is 5.77. The quantitative estimate of drug-likeness (QED) is 0.754. The fraction of sp³-hybridized carbons (Fsp3) is 0.500. The highest BCUT2D eigenvalue weighted by molar-refractivity contribution is 5.94. The molecule has 2 N–H and O–H groups in total. The number of pyridine rings is 1. The van der Waals surface area contributed by atoms with Gasteiger partial charge in [-0.25, -0.2) is 4.98 Å².